The number of carbonyl (C=O) groups is 2. The van der Waals surface area contributed by atoms with Gasteiger partial charge in [-0.2, -0.15) is 0 Å². The van der Waals surface area contributed by atoms with E-state index in [1.165, 1.54) is 13.0 Å². The highest BCUT2D eigenvalue weighted by Crippen LogP contribution is 2.23. The monoisotopic (exact) mass is 371 g/mol. The second-order valence-corrected chi connectivity index (χ2v) is 6.26. The van der Waals surface area contributed by atoms with Gasteiger partial charge in [-0.1, -0.05) is 30.3 Å². The van der Waals surface area contributed by atoms with Crippen molar-refractivity contribution in [3.8, 4) is 17.1 Å². The smallest absolute Gasteiger partial charge is 0.308 e. The fraction of sp³-hybridized carbons (Fsp3) is 0.0455. The van der Waals surface area contributed by atoms with Crippen molar-refractivity contribution >= 4 is 28.6 Å². The van der Waals surface area contributed by atoms with Crippen molar-refractivity contribution in [1.29, 1.82) is 0 Å². The Kier molecular flexibility index (Phi) is 4.60. The van der Waals surface area contributed by atoms with Crippen molar-refractivity contribution in [3.05, 3.63) is 78.4 Å². The fourth-order valence-electron chi connectivity index (χ4n) is 2.90. The molecule has 6 nitrogen and oxygen atoms in total. The second-order valence-electron chi connectivity index (χ2n) is 6.26. The number of esters is 1. The highest BCUT2D eigenvalue weighted by atomic mass is 16.5. The summed E-state index contributed by atoms with van der Waals surface area (Å²) in [4.78, 5) is 31.5. The van der Waals surface area contributed by atoms with Crippen LogP contribution in [0.15, 0.2) is 72.8 Å². The van der Waals surface area contributed by atoms with E-state index >= 15 is 0 Å². The van der Waals surface area contributed by atoms with Gasteiger partial charge in [0.25, 0.3) is 5.91 Å². The molecule has 0 aliphatic rings. The number of nitrogens with one attached hydrogen (secondary N) is 2. The van der Waals surface area contributed by atoms with Crippen molar-refractivity contribution in [3.63, 3.8) is 0 Å². The van der Waals surface area contributed by atoms with Crippen molar-refractivity contribution in [2.75, 3.05) is 5.32 Å². The van der Waals surface area contributed by atoms with Crippen LogP contribution in [0.5, 0.6) is 5.75 Å². The number of carbonyl (C=O) groups excluding carboxylic acids is 2. The Morgan fingerprint density at radius 1 is 0.964 bits per heavy atom. The average Bonchev–Trinajstić information content (AvgIpc) is 3.12. The molecule has 1 amide bonds. The van der Waals surface area contributed by atoms with Gasteiger partial charge in [-0.05, 0) is 42.5 Å². The minimum Gasteiger partial charge on any atom is -0.427 e. The molecule has 0 fully saturated rings. The molecule has 28 heavy (non-hydrogen) atoms. The van der Waals surface area contributed by atoms with Crippen molar-refractivity contribution < 1.29 is 14.3 Å². The molecule has 1 aromatic heterocycles. The molecule has 2 N–H and O–H groups in total. The number of aromatic amines is 1. The molecule has 0 radical (unpaired) electrons. The van der Waals surface area contributed by atoms with E-state index in [1.54, 1.807) is 24.3 Å². The number of para-hydroxylation sites is 2. The van der Waals surface area contributed by atoms with Crippen LogP contribution < -0.4 is 10.1 Å². The van der Waals surface area contributed by atoms with Crippen molar-refractivity contribution in [2.24, 2.45) is 0 Å². The number of hydrogen-bond donors (Lipinski definition) is 2. The predicted octanol–water partition coefficient (Wildman–Crippen LogP) is 4.41. The van der Waals surface area contributed by atoms with E-state index in [0.29, 0.717) is 17.0 Å². The minimum atomic E-state index is -0.434. The Bertz CT molecular complexity index is 1150. The lowest BCUT2D eigenvalue weighted by Gasteiger charge is -2.08. The van der Waals surface area contributed by atoms with Gasteiger partial charge in [-0.3, -0.25) is 9.59 Å². The first-order valence-corrected chi connectivity index (χ1v) is 8.73. The van der Waals surface area contributed by atoms with E-state index < -0.39 is 5.97 Å². The van der Waals surface area contributed by atoms with Crippen molar-refractivity contribution in [1.82, 2.24) is 9.97 Å². The molecule has 0 aliphatic carbocycles. The highest BCUT2D eigenvalue weighted by Gasteiger charge is 2.10. The maximum atomic E-state index is 12.6. The third-order valence-corrected chi connectivity index (χ3v) is 4.14. The van der Waals surface area contributed by atoms with Crippen LogP contribution in [0, 0.1) is 0 Å². The summed E-state index contributed by atoms with van der Waals surface area (Å²) in [6.07, 6.45) is 0. The zero-order valence-corrected chi connectivity index (χ0v) is 15.1. The van der Waals surface area contributed by atoms with E-state index in [1.807, 2.05) is 42.5 Å². The first kappa shape index (κ1) is 17.5. The molecular formula is C22H17N3O3. The molecular weight excluding hydrogens is 354 g/mol. The number of fused-ring (bicyclic) bond motifs is 1. The van der Waals surface area contributed by atoms with Crippen LogP contribution in [0.25, 0.3) is 22.4 Å². The number of amides is 1. The Balaban J connectivity index is 1.56. The quantitative estimate of drug-likeness (QED) is 0.411. The SMILES string of the molecule is CC(=O)Oc1cccc(C(=O)Nc2cccc(-c3nc4ccccc4[nH]3)c2)c1. The number of imidazole rings is 1. The number of nitrogens with zero attached hydrogens (tertiary/aromatic N) is 1. The zero-order valence-electron chi connectivity index (χ0n) is 15.1. The van der Waals surface area contributed by atoms with Crippen molar-refractivity contribution in [2.45, 2.75) is 6.92 Å². The fourth-order valence-corrected chi connectivity index (χ4v) is 2.90. The zero-order chi connectivity index (χ0) is 19.5. The maximum absolute atomic E-state index is 12.6. The van der Waals surface area contributed by atoms with Gasteiger partial charge < -0.3 is 15.0 Å². The lowest BCUT2D eigenvalue weighted by atomic mass is 10.1. The molecule has 6 heteroatoms. The summed E-state index contributed by atoms with van der Waals surface area (Å²) in [7, 11) is 0. The molecule has 1 heterocycles. The minimum absolute atomic E-state index is 0.296. The van der Waals surface area contributed by atoms with Crippen LogP contribution in [0.3, 0.4) is 0 Å². The number of aromatic nitrogens is 2. The molecule has 138 valence electrons. The number of hydrogen-bond acceptors (Lipinski definition) is 4. The predicted molar refractivity (Wildman–Crippen MR) is 107 cm³/mol. The molecule has 0 saturated heterocycles. The van der Waals surface area contributed by atoms with Crippen LogP contribution in [0.2, 0.25) is 0 Å². The summed E-state index contributed by atoms with van der Waals surface area (Å²) in [6.45, 7) is 1.32. The van der Waals surface area contributed by atoms with Gasteiger partial charge in [0.15, 0.2) is 0 Å². The maximum Gasteiger partial charge on any atom is 0.308 e. The lowest BCUT2D eigenvalue weighted by Crippen LogP contribution is -2.12. The highest BCUT2D eigenvalue weighted by molar-refractivity contribution is 6.04. The van der Waals surface area contributed by atoms with E-state index in [9.17, 15) is 9.59 Å². The summed E-state index contributed by atoms with van der Waals surface area (Å²) < 4.78 is 5.03. The largest absolute Gasteiger partial charge is 0.427 e. The Labute approximate surface area is 161 Å². The summed E-state index contributed by atoms with van der Waals surface area (Å²) in [5, 5.41) is 2.86. The summed E-state index contributed by atoms with van der Waals surface area (Å²) >= 11 is 0. The Morgan fingerprint density at radius 3 is 2.61 bits per heavy atom. The first-order chi connectivity index (χ1) is 13.6. The van der Waals surface area contributed by atoms with Gasteiger partial charge >= 0.3 is 5.97 Å². The van der Waals surface area contributed by atoms with E-state index in [-0.39, 0.29) is 5.91 Å². The Hall–Kier alpha value is -3.93. The molecule has 0 spiro atoms. The molecule has 3 aromatic carbocycles. The molecule has 0 atom stereocenters. The van der Waals surface area contributed by atoms with Gasteiger partial charge in [0.2, 0.25) is 0 Å². The lowest BCUT2D eigenvalue weighted by molar-refractivity contribution is -0.131. The molecule has 4 rings (SSSR count). The van der Waals surface area contributed by atoms with Gasteiger partial charge in [-0.25, -0.2) is 4.98 Å². The van der Waals surface area contributed by atoms with Crippen LogP contribution in [0.1, 0.15) is 17.3 Å². The van der Waals surface area contributed by atoms with Gasteiger partial charge in [-0.15, -0.1) is 0 Å². The number of H-pyrrole nitrogens is 1. The third-order valence-electron chi connectivity index (χ3n) is 4.14. The Morgan fingerprint density at radius 2 is 1.79 bits per heavy atom. The van der Waals surface area contributed by atoms with Crippen LogP contribution >= 0.6 is 0 Å². The molecule has 0 unspecified atom stereocenters. The van der Waals surface area contributed by atoms with E-state index in [2.05, 4.69) is 15.3 Å². The van der Waals surface area contributed by atoms with Gasteiger partial charge in [0.1, 0.15) is 11.6 Å². The van der Waals surface area contributed by atoms with Crippen LogP contribution in [-0.4, -0.2) is 21.8 Å². The number of rotatable bonds is 4. The van der Waals surface area contributed by atoms with Crippen LogP contribution in [0.4, 0.5) is 5.69 Å². The molecule has 0 bridgehead atoms. The molecule has 0 aliphatic heterocycles. The second kappa shape index (κ2) is 7.36. The van der Waals surface area contributed by atoms with Gasteiger partial charge in [0.05, 0.1) is 11.0 Å². The van der Waals surface area contributed by atoms with E-state index in [0.717, 1.165) is 22.4 Å². The summed E-state index contributed by atoms with van der Waals surface area (Å²) in [5.74, 6) is 0.331. The molecule has 0 saturated carbocycles. The third kappa shape index (κ3) is 3.76. The molecule has 4 aromatic rings. The first-order valence-electron chi connectivity index (χ1n) is 8.73. The van der Waals surface area contributed by atoms with Gasteiger partial charge in [0, 0.05) is 23.7 Å². The summed E-state index contributed by atoms with van der Waals surface area (Å²) in [5.41, 5.74) is 3.74. The normalized spacial score (nSPS) is 10.6. The summed E-state index contributed by atoms with van der Waals surface area (Å²) in [6, 6.07) is 21.7. The number of anilines is 1. The van der Waals surface area contributed by atoms with Crippen LogP contribution in [-0.2, 0) is 4.79 Å². The number of benzene rings is 3. The van der Waals surface area contributed by atoms with E-state index in [4.69, 9.17) is 4.74 Å². The average molecular weight is 371 g/mol. The number of ether oxygens (including phenoxy) is 1. The topological polar surface area (TPSA) is 84.1 Å². The standard InChI is InChI=1S/C22H17N3O3/c1-14(26)28-18-9-5-7-16(13-18)22(27)23-17-8-4-6-15(12-17)21-24-19-10-2-3-11-20(19)25-21/h2-13H,1H3,(H,23,27)(H,24,25).